The first-order valence-electron chi connectivity index (χ1n) is 7.05. The Hall–Kier alpha value is -1.28. The average molecular weight is 244 g/mol. The maximum Gasteiger partial charge on any atom is 0.0420 e. The van der Waals surface area contributed by atoms with Crippen molar-refractivity contribution in [1.29, 1.82) is 0 Å². The fourth-order valence-electron chi connectivity index (χ4n) is 3.14. The molecule has 0 saturated carbocycles. The zero-order valence-electron chi connectivity index (χ0n) is 11.6. The van der Waals surface area contributed by atoms with E-state index in [9.17, 15) is 0 Å². The number of hydrogen-bond acceptors (Lipinski definition) is 2. The molecule has 2 N–H and O–H groups in total. The van der Waals surface area contributed by atoms with Gasteiger partial charge in [0.2, 0.25) is 0 Å². The van der Waals surface area contributed by atoms with E-state index in [0.29, 0.717) is 5.41 Å². The van der Waals surface area contributed by atoms with Gasteiger partial charge in [-0.15, -0.1) is 0 Å². The monoisotopic (exact) mass is 244 g/mol. The van der Waals surface area contributed by atoms with Crippen LogP contribution in [0.25, 0.3) is 0 Å². The lowest BCUT2D eigenvalue weighted by atomic mass is 9.68. The van der Waals surface area contributed by atoms with E-state index in [0.717, 1.165) is 19.5 Å². The van der Waals surface area contributed by atoms with E-state index in [4.69, 9.17) is 0 Å². The van der Waals surface area contributed by atoms with Gasteiger partial charge in [-0.2, -0.15) is 0 Å². The third-order valence-corrected chi connectivity index (χ3v) is 3.92. The number of allylic oxidation sites excluding steroid dienone is 1. The van der Waals surface area contributed by atoms with Gasteiger partial charge in [0.05, 0.1) is 0 Å². The Kier molecular flexibility index (Phi) is 4.07. The van der Waals surface area contributed by atoms with Crippen LogP contribution in [0.3, 0.4) is 0 Å². The van der Waals surface area contributed by atoms with Gasteiger partial charge in [0.15, 0.2) is 0 Å². The molecule has 2 heteroatoms. The molecule has 0 radical (unpaired) electrons. The summed E-state index contributed by atoms with van der Waals surface area (Å²) in [7, 11) is 0. The number of piperidine rings is 1. The van der Waals surface area contributed by atoms with Gasteiger partial charge < -0.3 is 10.6 Å². The molecule has 0 amide bonds. The fourth-order valence-corrected chi connectivity index (χ4v) is 3.14. The van der Waals surface area contributed by atoms with Crippen molar-refractivity contribution in [3.63, 3.8) is 0 Å². The van der Waals surface area contributed by atoms with Gasteiger partial charge in [-0.1, -0.05) is 38.6 Å². The van der Waals surface area contributed by atoms with Crippen LogP contribution in [0.4, 0.5) is 5.69 Å². The largest absolute Gasteiger partial charge is 0.359 e. The molecular formula is C16H24N2. The van der Waals surface area contributed by atoms with Crippen molar-refractivity contribution in [2.75, 3.05) is 18.4 Å². The van der Waals surface area contributed by atoms with Crippen LogP contribution in [-0.4, -0.2) is 13.1 Å². The molecule has 1 aromatic rings. The van der Waals surface area contributed by atoms with E-state index in [1.54, 1.807) is 0 Å². The SMILES string of the molecule is C=C1CC2(CCNCC2)c2ccccc2N1.CC. The van der Waals surface area contributed by atoms with Gasteiger partial charge in [-0.05, 0) is 44.0 Å². The van der Waals surface area contributed by atoms with Crippen LogP contribution in [0.1, 0.15) is 38.7 Å². The molecular weight excluding hydrogens is 220 g/mol. The van der Waals surface area contributed by atoms with Crippen molar-refractivity contribution in [2.24, 2.45) is 0 Å². The molecule has 2 nitrogen and oxygen atoms in total. The average Bonchev–Trinajstić information content (AvgIpc) is 2.42. The van der Waals surface area contributed by atoms with E-state index in [1.807, 2.05) is 13.8 Å². The maximum absolute atomic E-state index is 4.13. The van der Waals surface area contributed by atoms with Crippen LogP contribution in [0.15, 0.2) is 36.5 Å². The Bertz CT molecular complexity index is 417. The Balaban J connectivity index is 0.000000574. The van der Waals surface area contributed by atoms with Crippen LogP contribution in [0.5, 0.6) is 0 Å². The summed E-state index contributed by atoms with van der Waals surface area (Å²) < 4.78 is 0. The number of anilines is 1. The van der Waals surface area contributed by atoms with E-state index in [-0.39, 0.29) is 0 Å². The lowest BCUT2D eigenvalue weighted by molar-refractivity contribution is 0.301. The van der Waals surface area contributed by atoms with Crippen molar-refractivity contribution in [3.8, 4) is 0 Å². The number of hydrogen-bond donors (Lipinski definition) is 2. The predicted octanol–water partition coefficient (Wildman–Crippen LogP) is 3.66. The zero-order chi connectivity index (χ0) is 13.0. The topological polar surface area (TPSA) is 24.1 Å². The lowest BCUT2D eigenvalue weighted by Crippen LogP contribution is -2.42. The van der Waals surface area contributed by atoms with Crippen LogP contribution < -0.4 is 10.6 Å². The number of benzene rings is 1. The molecule has 3 rings (SSSR count). The number of rotatable bonds is 0. The molecule has 1 aromatic carbocycles. The summed E-state index contributed by atoms with van der Waals surface area (Å²) in [5, 5.41) is 6.87. The zero-order valence-corrected chi connectivity index (χ0v) is 11.6. The van der Waals surface area contributed by atoms with E-state index >= 15 is 0 Å². The molecule has 0 bridgehead atoms. The van der Waals surface area contributed by atoms with E-state index in [1.165, 1.54) is 29.8 Å². The van der Waals surface area contributed by atoms with Crippen LogP contribution >= 0.6 is 0 Å². The van der Waals surface area contributed by atoms with Crippen molar-refractivity contribution < 1.29 is 0 Å². The van der Waals surface area contributed by atoms with Gasteiger partial charge in [0.1, 0.15) is 0 Å². The highest BCUT2D eigenvalue weighted by Gasteiger charge is 2.38. The first kappa shape index (κ1) is 13.2. The second-order valence-corrected chi connectivity index (χ2v) is 4.98. The predicted molar refractivity (Wildman–Crippen MR) is 79.0 cm³/mol. The minimum Gasteiger partial charge on any atom is -0.359 e. The summed E-state index contributed by atoms with van der Waals surface area (Å²) in [5.41, 5.74) is 4.26. The minimum absolute atomic E-state index is 0.337. The Morgan fingerprint density at radius 2 is 1.78 bits per heavy atom. The second kappa shape index (κ2) is 5.57. The molecule has 2 aliphatic heterocycles. The highest BCUT2D eigenvalue weighted by Crippen LogP contribution is 2.45. The molecule has 2 heterocycles. The van der Waals surface area contributed by atoms with Gasteiger partial charge in [-0.25, -0.2) is 0 Å². The molecule has 0 aliphatic carbocycles. The number of fused-ring (bicyclic) bond motifs is 2. The summed E-state index contributed by atoms with van der Waals surface area (Å²) in [6, 6.07) is 8.70. The molecule has 98 valence electrons. The van der Waals surface area contributed by atoms with E-state index in [2.05, 4.69) is 41.5 Å². The summed E-state index contributed by atoms with van der Waals surface area (Å²) in [4.78, 5) is 0. The smallest absolute Gasteiger partial charge is 0.0420 e. The Morgan fingerprint density at radius 3 is 2.50 bits per heavy atom. The van der Waals surface area contributed by atoms with Crippen LogP contribution in [-0.2, 0) is 5.41 Å². The van der Waals surface area contributed by atoms with Crippen molar-refractivity contribution in [3.05, 3.63) is 42.1 Å². The minimum atomic E-state index is 0.337. The molecule has 18 heavy (non-hydrogen) atoms. The third-order valence-electron chi connectivity index (χ3n) is 3.92. The molecule has 2 aliphatic rings. The van der Waals surface area contributed by atoms with Gasteiger partial charge in [0.25, 0.3) is 0 Å². The van der Waals surface area contributed by atoms with Gasteiger partial charge in [0, 0.05) is 16.8 Å². The number of para-hydroxylation sites is 1. The molecule has 1 spiro atoms. The van der Waals surface area contributed by atoms with E-state index < -0.39 is 0 Å². The highest BCUT2D eigenvalue weighted by atomic mass is 14.9. The Morgan fingerprint density at radius 1 is 1.11 bits per heavy atom. The molecule has 1 saturated heterocycles. The quantitative estimate of drug-likeness (QED) is 0.727. The molecule has 1 fully saturated rings. The summed E-state index contributed by atoms with van der Waals surface area (Å²) in [6.07, 6.45) is 3.54. The summed E-state index contributed by atoms with van der Waals surface area (Å²) in [5.74, 6) is 0. The van der Waals surface area contributed by atoms with Gasteiger partial charge in [-0.3, -0.25) is 0 Å². The Labute approximate surface area is 110 Å². The fraction of sp³-hybridized carbons (Fsp3) is 0.500. The van der Waals surface area contributed by atoms with Crippen LogP contribution in [0.2, 0.25) is 0 Å². The maximum atomic E-state index is 4.13. The highest BCUT2D eigenvalue weighted by molar-refractivity contribution is 5.61. The van der Waals surface area contributed by atoms with Gasteiger partial charge >= 0.3 is 0 Å². The second-order valence-electron chi connectivity index (χ2n) is 4.98. The molecule has 0 atom stereocenters. The van der Waals surface area contributed by atoms with Crippen molar-refractivity contribution >= 4 is 5.69 Å². The van der Waals surface area contributed by atoms with Crippen molar-refractivity contribution in [2.45, 2.75) is 38.5 Å². The van der Waals surface area contributed by atoms with Crippen LogP contribution in [0, 0.1) is 0 Å². The third kappa shape index (κ3) is 2.30. The normalized spacial score (nSPS) is 20.4. The summed E-state index contributed by atoms with van der Waals surface area (Å²) in [6.45, 7) is 10.4. The first-order chi connectivity index (χ1) is 8.80. The summed E-state index contributed by atoms with van der Waals surface area (Å²) >= 11 is 0. The van der Waals surface area contributed by atoms with Crippen molar-refractivity contribution in [1.82, 2.24) is 5.32 Å². The lowest BCUT2D eigenvalue weighted by Gasteiger charge is -2.43. The molecule has 0 unspecified atom stereocenters. The first-order valence-corrected chi connectivity index (χ1v) is 7.05. The molecule has 0 aromatic heterocycles. The standard InChI is InChI=1S/C14H18N2.C2H6/c1-11-10-14(6-8-15-9-7-14)12-4-2-3-5-13(12)16-11;1-2/h2-5,15-16H,1,6-10H2;1-2H3. The number of nitrogens with one attached hydrogen (secondary N) is 2.